The standard InChI is InChI=1S/C28H25N/c1-22-18-19-24-11-6-8-15-27(24)21-29-20-26-14-7-5-10-23(26)16-9-17-28(22)25-12-3-2-4-13-25/h2-20,22H,21H2,1H3/b16-9-,19-18-,28-17-,29-20+. The minimum atomic E-state index is 0.289. The Bertz CT molecular complexity index is 1080. The first-order valence-electron chi connectivity index (χ1n) is 10.1. The molecule has 1 unspecified atom stereocenters. The van der Waals surface area contributed by atoms with E-state index in [1.807, 2.05) is 6.21 Å². The monoisotopic (exact) mass is 375 g/mol. The summed E-state index contributed by atoms with van der Waals surface area (Å²) in [6.07, 6.45) is 13.1. The molecule has 0 aliphatic carbocycles. The van der Waals surface area contributed by atoms with Gasteiger partial charge in [0.1, 0.15) is 0 Å². The first-order chi connectivity index (χ1) is 14.3. The van der Waals surface area contributed by atoms with Crippen molar-refractivity contribution in [1.82, 2.24) is 0 Å². The Morgan fingerprint density at radius 1 is 0.724 bits per heavy atom. The largest absolute Gasteiger partial charge is 0.288 e. The van der Waals surface area contributed by atoms with Gasteiger partial charge in [-0.15, -0.1) is 0 Å². The highest BCUT2D eigenvalue weighted by Gasteiger charge is 2.08. The Hall–Kier alpha value is -3.45. The van der Waals surface area contributed by atoms with Crippen LogP contribution in [0.3, 0.4) is 0 Å². The van der Waals surface area contributed by atoms with Crippen molar-refractivity contribution in [1.29, 1.82) is 0 Å². The van der Waals surface area contributed by atoms with Gasteiger partial charge in [-0.25, -0.2) is 0 Å². The van der Waals surface area contributed by atoms with E-state index in [1.165, 1.54) is 27.8 Å². The molecule has 0 aromatic heterocycles. The van der Waals surface area contributed by atoms with Crippen molar-refractivity contribution >= 4 is 23.9 Å². The van der Waals surface area contributed by atoms with E-state index < -0.39 is 0 Å². The van der Waals surface area contributed by atoms with Crippen LogP contribution in [0.4, 0.5) is 0 Å². The number of hydrogen-bond donors (Lipinski definition) is 0. The fourth-order valence-corrected chi connectivity index (χ4v) is 3.61. The van der Waals surface area contributed by atoms with Crippen molar-refractivity contribution in [2.75, 3.05) is 0 Å². The van der Waals surface area contributed by atoms with Crippen molar-refractivity contribution < 1.29 is 0 Å². The minimum Gasteiger partial charge on any atom is -0.288 e. The van der Waals surface area contributed by atoms with Crippen molar-refractivity contribution in [2.24, 2.45) is 10.9 Å². The summed E-state index contributed by atoms with van der Waals surface area (Å²) in [7, 11) is 0. The summed E-state index contributed by atoms with van der Waals surface area (Å²) < 4.78 is 0. The second-order valence-corrected chi connectivity index (χ2v) is 7.29. The summed E-state index contributed by atoms with van der Waals surface area (Å²) in [6, 6.07) is 27.5. The summed E-state index contributed by atoms with van der Waals surface area (Å²) in [5.41, 5.74) is 7.33. The first kappa shape index (κ1) is 18.9. The van der Waals surface area contributed by atoms with E-state index in [0.717, 1.165) is 5.56 Å². The maximum absolute atomic E-state index is 4.71. The van der Waals surface area contributed by atoms with Crippen molar-refractivity contribution in [3.63, 3.8) is 0 Å². The number of aliphatic imine (C=N–C) groups is 1. The molecule has 1 nitrogen and oxygen atoms in total. The Labute approximate surface area is 173 Å². The van der Waals surface area contributed by atoms with Gasteiger partial charge in [0.2, 0.25) is 0 Å². The molecular formula is C28H25N. The SMILES string of the molecule is CC1/C=C\c2ccccc2C/N=C/c2ccccc2/C=C\C=C\1c1ccccc1. The summed E-state index contributed by atoms with van der Waals surface area (Å²) in [5.74, 6) is 0.289. The zero-order valence-corrected chi connectivity index (χ0v) is 16.7. The van der Waals surface area contributed by atoms with Gasteiger partial charge in [0.25, 0.3) is 0 Å². The average molecular weight is 376 g/mol. The first-order valence-corrected chi connectivity index (χ1v) is 10.1. The minimum absolute atomic E-state index is 0.289. The molecule has 0 amide bonds. The third-order valence-electron chi connectivity index (χ3n) is 5.26. The fourth-order valence-electron chi connectivity index (χ4n) is 3.61. The van der Waals surface area contributed by atoms with Gasteiger partial charge < -0.3 is 0 Å². The molecule has 1 atom stereocenters. The highest BCUT2D eigenvalue weighted by molar-refractivity contribution is 5.86. The predicted molar refractivity (Wildman–Crippen MR) is 126 cm³/mol. The van der Waals surface area contributed by atoms with Gasteiger partial charge >= 0.3 is 0 Å². The van der Waals surface area contributed by atoms with Crippen LogP contribution in [-0.2, 0) is 6.54 Å². The molecule has 0 spiro atoms. The Morgan fingerprint density at radius 3 is 2.24 bits per heavy atom. The molecule has 1 heterocycles. The van der Waals surface area contributed by atoms with E-state index in [9.17, 15) is 0 Å². The van der Waals surface area contributed by atoms with Crippen LogP contribution in [0.5, 0.6) is 0 Å². The molecule has 0 N–H and O–H groups in total. The Kier molecular flexibility index (Phi) is 5.97. The molecule has 0 saturated heterocycles. The van der Waals surface area contributed by atoms with Crippen LogP contribution >= 0.6 is 0 Å². The van der Waals surface area contributed by atoms with Crippen molar-refractivity contribution in [3.8, 4) is 0 Å². The summed E-state index contributed by atoms with van der Waals surface area (Å²) in [6.45, 7) is 2.93. The molecule has 0 saturated carbocycles. The van der Waals surface area contributed by atoms with E-state index in [4.69, 9.17) is 4.99 Å². The lowest BCUT2D eigenvalue weighted by atomic mass is 9.92. The van der Waals surface area contributed by atoms with Gasteiger partial charge in [-0.1, -0.05) is 116 Å². The van der Waals surface area contributed by atoms with Crippen molar-refractivity contribution in [3.05, 3.63) is 125 Å². The quantitative estimate of drug-likeness (QED) is 0.431. The van der Waals surface area contributed by atoms with Gasteiger partial charge in [0.15, 0.2) is 0 Å². The summed E-state index contributed by atoms with van der Waals surface area (Å²) >= 11 is 0. The molecule has 4 rings (SSSR count). The highest BCUT2D eigenvalue weighted by atomic mass is 14.7. The smallest absolute Gasteiger partial charge is 0.0645 e. The normalized spacial score (nSPS) is 21.6. The van der Waals surface area contributed by atoms with Gasteiger partial charge in [-0.2, -0.15) is 0 Å². The van der Waals surface area contributed by atoms with E-state index in [1.54, 1.807) is 0 Å². The van der Waals surface area contributed by atoms with Gasteiger partial charge in [0, 0.05) is 6.21 Å². The lowest BCUT2D eigenvalue weighted by Gasteiger charge is -2.13. The molecule has 1 heteroatoms. The molecule has 29 heavy (non-hydrogen) atoms. The molecule has 3 aromatic carbocycles. The Balaban J connectivity index is 1.83. The van der Waals surface area contributed by atoms with Crippen LogP contribution in [0.1, 0.15) is 34.7 Å². The Morgan fingerprint density at radius 2 is 1.41 bits per heavy atom. The number of nitrogens with zero attached hydrogens (tertiary/aromatic N) is 1. The fraction of sp³-hybridized carbons (Fsp3) is 0.107. The number of fused-ring (bicyclic) bond motifs is 2. The van der Waals surface area contributed by atoms with Gasteiger partial charge in [-0.3, -0.25) is 4.99 Å². The number of allylic oxidation sites excluding steroid dienone is 4. The maximum Gasteiger partial charge on any atom is 0.0645 e. The molecule has 0 fully saturated rings. The summed E-state index contributed by atoms with van der Waals surface area (Å²) in [5, 5.41) is 0. The molecule has 142 valence electrons. The highest BCUT2D eigenvalue weighted by Crippen LogP contribution is 2.26. The molecule has 0 bridgehead atoms. The lowest BCUT2D eigenvalue weighted by Crippen LogP contribution is -1.96. The van der Waals surface area contributed by atoms with E-state index in [2.05, 4.69) is 116 Å². The van der Waals surface area contributed by atoms with Gasteiger partial charge in [-0.05, 0) is 39.3 Å². The molecule has 1 aliphatic rings. The third kappa shape index (κ3) is 4.70. The van der Waals surface area contributed by atoms with Crippen molar-refractivity contribution in [2.45, 2.75) is 13.5 Å². The van der Waals surface area contributed by atoms with Crippen LogP contribution in [-0.4, -0.2) is 6.21 Å². The molecular weight excluding hydrogens is 350 g/mol. The van der Waals surface area contributed by atoms with Crippen LogP contribution < -0.4 is 0 Å². The molecule has 1 aliphatic heterocycles. The van der Waals surface area contributed by atoms with Gasteiger partial charge in [0.05, 0.1) is 6.54 Å². The summed E-state index contributed by atoms with van der Waals surface area (Å²) in [4.78, 5) is 4.71. The predicted octanol–water partition coefficient (Wildman–Crippen LogP) is 7.07. The van der Waals surface area contributed by atoms with Crippen LogP contribution in [0.15, 0.2) is 102 Å². The second kappa shape index (κ2) is 9.16. The molecule has 0 radical (unpaired) electrons. The zero-order chi connectivity index (χ0) is 19.9. The number of rotatable bonds is 1. The zero-order valence-electron chi connectivity index (χ0n) is 16.7. The number of hydrogen-bond acceptors (Lipinski definition) is 1. The van der Waals surface area contributed by atoms with E-state index in [0.29, 0.717) is 6.54 Å². The van der Waals surface area contributed by atoms with E-state index in [-0.39, 0.29) is 5.92 Å². The second-order valence-electron chi connectivity index (χ2n) is 7.29. The average Bonchev–Trinajstić information content (AvgIpc) is 2.77. The van der Waals surface area contributed by atoms with Crippen LogP contribution in [0.2, 0.25) is 0 Å². The third-order valence-corrected chi connectivity index (χ3v) is 5.26. The maximum atomic E-state index is 4.71. The van der Waals surface area contributed by atoms with E-state index >= 15 is 0 Å². The topological polar surface area (TPSA) is 12.4 Å². The molecule has 3 aromatic rings. The number of benzene rings is 3. The lowest BCUT2D eigenvalue weighted by molar-refractivity contribution is 0.969. The van der Waals surface area contributed by atoms with Crippen LogP contribution in [0, 0.1) is 5.92 Å². The van der Waals surface area contributed by atoms with Crippen LogP contribution in [0.25, 0.3) is 17.7 Å².